The van der Waals surface area contributed by atoms with Crippen molar-refractivity contribution in [1.82, 2.24) is 20.3 Å². The smallest absolute Gasteiger partial charge is 0.342 e. The van der Waals surface area contributed by atoms with E-state index in [0.717, 1.165) is 24.1 Å². The van der Waals surface area contributed by atoms with Crippen LogP contribution >= 0.6 is 0 Å². The van der Waals surface area contributed by atoms with Crippen molar-refractivity contribution in [2.75, 3.05) is 0 Å². The Balaban J connectivity index is 1.69. The van der Waals surface area contributed by atoms with Crippen LogP contribution in [0.5, 0.6) is 0 Å². The third-order valence-electron chi connectivity index (χ3n) is 4.95. The molecule has 4 rings (SSSR count). The van der Waals surface area contributed by atoms with E-state index in [4.69, 9.17) is 0 Å². The molecular formula is C21H16F4N4O. The van der Waals surface area contributed by atoms with Crippen molar-refractivity contribution >= 4 is 5.91 Å². The lowest BCUT2D eigenvalue weighted by Crippen LogP contribution is -2.32. The maximum absolute atomic E-state index is 14.3. The minimum Gasteiger partial charge on any atom is -0.342 e. The van der Waals surface area contributed by atoms with Crippen LogP contribution in [0.15, 0.2) is 48.9 Å². The Hall–Kier alpha value is -3.36. The van der Waals surface area contributed by atoms with Gasteiger partial charge in [0.1, 0.15) is 11.5 Å². The van der Waals surface area contributed by atoms with Crippen LogP contribution in [0, 0.1) is 5.82 Å². The third kappa shape index (κ3) is 4.00. The van der Waals surface area contributed by atoms with E-state index in [9.17, 15) is 22.4 Å². The van der Waals surface area contributed by atoms with E-state index in [1.54, 1.807) is 6.07 Å². The number of amides is 1. The van der Waals surface area contributed by atoms with E-state index in [0.29, 0.717) is 24.6 Å². The number of aryl methyl sites for hydroxylation is 1. The zero-order valence-corrected chi connectivity index (χ0v) is 15.6. The first-order valence-electron chi connectivity index (χ1n) is 9.27. The highest BCUT2D eigenvalue weighted by Crippen LogP contribution is 2.35. The van der Waals surface area contributed by atoms with Crippen molar-refractivity contribution in [3.63, 3.8) is 0 Å². The van der Waals surface area contributed by atoms with Gasteiger partial charge in [-0.25, -0.2) is 9.37 Å². The molecule has 1 aliphatic carbocycles. The lowest BCUT2D eigenvalue weighted by atomic mass is 9.91. The molecule has 0 bridgehead atoms. The minimum atomic E-state index is -4.59. The number of hydrogen-bond donors (Lipinski definition) is 1. The number of carbonyl (C=O) groups excluding carboxylic acids is 1. The Kier molecular flexibility index (Phi) is 5.19. The zero-order valence-electron chi connectivity index (χ0n) is 15.6. The van der Waals surface area contributed by atoms with Gasteiger partial charge >= 0.3 is 6.18 Å². The molecule has 0 spiro atoms. The second-order valence-electron chi connectivity index (χ2n) is 6.94. The largest absolute Gasteiger partial charge is 0.416 e. The molecular weight excluding hydrogens is 400 g/mol. The first-order valence-corrected chi connectivity index (χ1v) is 9.27. The molecule has 1 aromatic carbocycles. The Morgan fingerprint density at radius 1 is 1.13 bits per heavy atom. The molecule has 0 fully saturated rings. The third-order valence-corrected chi connectivity index (χ3v) is 4.95. The highest BCUT2D eigenvalue weighted by molar-refractivity contribution is 5.92. The highest BCUT2D eigenvalue weighted by atomic mass is 19.4. The molecule has 2 heterocycles. The molecule has 1 unspecified atom stereocenters. The first kappa shape index (κ1) is 19.9. The van der Waals surface area contributed by atoms with Gasteiger partial charge in [0.05, 0.1) is 29.2 Å². The van der Waals surface area contributed by atoms with Gasteiger partial charge in [-0.05, 0) is 49.1 Å². The molecule has 0 saturated carbocycles. The van der Waals surface area contributed by atoms with Crippen molar-refractivity contribution < 1.29 is 22.4 Å². The van der Waals surface area contributed by atoms with Gasteiger partial charge in [0, 0.05) is 18.0 Å². The summed E-state index contributed by atoms with van der Waals surface area (Å²) < 4.78 is 53.5. The maximum Gasteiger partial charge on any atom is 0.416 e. The summed E-state index contributed by atoms with van der Waals surface area (Å²) in [6, 6.07) is 4.99. The Labute approximate surface area is 169 Å². The van der Waals surface area contributed by atoms with Crippen LogP contribution in [-0.2, 0) is 12.6 Å². The first-order chi connectivity index (χ1) is 14.3. The average Bonchev–Trinajstić information content (AvgIpc) is 2.74. The fourth-order valence-electron chi connectivity index (χ4n) is 3.49. The van der Waals surface area contributed by atoms with Crippen LogP contribution in [0.1, 0.15) is 46.2 Å². The monoisotopic (exact) mass is 416 g/mol. The molecule has 0 saturated heterocycles. The van der Waals surface area contributed by atoms with Crippen molar-refractivity contribution in [2.24, 2.45) is 0 Å². The summed E-state index contributed by atoms with van der Waals surface area (Å²) in [6.07, 6.45) is 1.70. The summed E-state index contributed by atoms with van der Waals surface area (Å²) in [7, 11) is 0. The average molecular weight is 416 g/mol. The predicted octanol–water partition coefficient (Wildman–Crippen LogP) is 4.50. The molecule has 1 N–H and O–H groups in total. The van der Waals surface area contributed by atoms with Crippen LogP contribution in [-0.4, -0.2) is 20.9 Å². The number of nitrogens with one attached hydrogen (secondary N) is 1. The number of alkyl halides is 3. The number of halogens is 4. The molecule has 1 atom stereocenters. The molecule has 3 aromatic rings. The van der Waals surface area contributed by atoms with Crippen molar-refractivity contribution in [3.05, 3.63) is 77.3 Å². The SMILES string of the molecule is O=C(NC1CCCc2ccc(-c3cc(C(F)(F)F)ccc3F)nc21)c1cnccn1. The van der Waals surface area contributed by atoms with Crippen LogP contribution < -0.4 is 5.32 Å². The number of fused-ring (bicyclic) bond motifs is 1. The lowest BCUT2D eigenvalue weighted by Gasteiger charge is -2.26. The fourth-order valence-corrected chi connectivity index (χ4v) is 3.49. The molecule has 1 amide bonds. The summed E-state index contributed by atoms with van der Waals surface area (Å²) in [4.78, 5) is 24.7. The van der Waals surface area contributed by atoms with Crippen LogP contribution in [0.4, 0.5) is 17.6 Å². The minimum absolute atomic E-state index is 0.0815. The zero-order chi connectivity index (χ0) is 21.3. The van der Waals surface area contributed by atoms with E-state index in [2.05, 4.69) is 20.3 Å². The second-order valence-corrected chi connectivity index (χ2v) is 6.94. The van der Waals surface area contributed by atoms with Gasteiger partial charge in [-0.15, -0.1) is 0 Å². The Bertz CT molecular complexity index is 1090. The van der Waals surface area contributed by atoms with Gasteiger partial charge in [-0.3, -0.25) is 14.8 Å². The van der Waals surface area contributed by atoms with Crippen molar-refractivity contribution in [1.29, 1.82) is 0 Å². The number of benzene rings is 1. The van der Waals surface area contributed by atoms with Gasteiger partial charge in [0.2, 0.25) is 0 Å². The number of nitrogens with zero attached hydrogens (tertiary/aromatic N) is 3. The van der Waals surface area contributed by atoms with Gasteiger partial charge in [0.15, 0.2) is 0 Å². The number of hydrogen-bond acceptors (Lipinski definition) is 4. The standard InChI is InChI=1S/C21H16F4N4O/c22-15-6-5-13(21(23,24)25)10-14(15)16-7-4-12-2-1-3-17(19(12)28-16)29-20(30)18-11-26-8-9-27-18/h4-11,17H,1-3H2,(H,29,30). The van der Waals surface area contributed by atoms with Crippen LogP contribution in [0.3, 0.4) is 0 Å². The number of carbonyl (C=O) groups is 1. The molecule has 1 aliphatic rings. The van der Waals surface area contributed by atoms with E-state index in [1.165, 1.54) is 24.7 Å². The summed E-state index contributed by atoms with van der Waals surface area (Å²) in [5.41, 5.74) is 0.417. The number of rotatable bonds is 3. The van der Waals surface area contributed by atoms with Crippen LogP contribution in [0.25, 0.3) is 11.3 Å². The topological polar surface area (TPSA) is 67.8 Å². The number of aromatic nitrogens is 3. The maximum atomic E-state index is 14.3. The van der Waals surface area contributed by atoms with E-state index >= 15 is 0 Å². The van der Waals surface area contributed by atoms with Gasteiger partial charge in [-0.2, -0.15) is 13.2 Å². The van der Waals surface area contributed by atoms with Crippen molar-refractivity contribution in [3.8, 4) is 11.3 Å². The summed E-state index contributed by atoms with van der Waals surface area (Å²) in [5.74, 6) is -1.23. The molecule has 9 heteroatoms. The summed E-state index contributed by atoms with van der Waals surface area (Å²) in [6.45, 7) is 0. The van der Waals surface area contributed by atoms with Gasteiger partial charge in [0.25, 0.3) is 5.91 Å². The van der Waals surface area contributed by atoms with E-state index in [-0.39, 0.29) is 17.0 Å². The normalized spacial score (nSPS) is 16.1. The van der Waals surface area contributed by atoms with Crippen molar-refractivity contribution in [2.45, 2.75) is 31.5 Å². The van der Waals surface area contributed by atoms with Crippen LogP contribution in [0.2, 0.25) is 0 Å². The molecule has 0 radical (unpaired) electrons. The summed E-state index contributed by atoms with van der Waals surface area (Å²) >= 11 is 0. The Morgan fingerprint density at radius 3 is 2.70 bits per heavy atom. The quantitative estimate of drug-likeness (QED) is 0.639. The highest BCUT2D eigenvalue weighted by Gasteiger charge is 2.32. The summed E-state index contributed by atoms with van der Waals surface area (Å²) in [5, 5.41) is 2.84. The fraction of sp³-hybridized carbons (Fsp3) is 0.238. The Morgan fingerprint density at radius 2 is 1.97 bits per heavy atom. The molecule has 5 nitrogen and oxygen atoms in total. The second kappa shape index (κ2) is 7.81. The molecule has 30 heavy (non-hydrogen) atoms. The van der Waals surface area contributed by atoms with Gasteiger partial charge in [-0.1, -0.05) is 6.07 Å². The van der Waals surface area contributed by atoms with E-state index < -0.39 is 29.5 Å². The molecule has 154 valence electrons. The van der Waals surface area contributed by atoms with E-state index in [1.807, 2.05) is 0 Å². The molecule has 2 aromatic heterocycles. The predicted molar refractivity (Wildman–Crippen MR) is 99.8 cm³/mol. The lowest BCUT2D eigenvalue weighted by molar-refractivity contribution is -0.137. The van der Waals surface area contributed by atoms with Gasteiger partial charge < -0.3 is 5.32 Å². The number of pyridine rings is 1. The molecule has 0 aliphatic heterocycles.